The minimum absolute atomic E-state index is 0.0695. The Morgan fingerprint density at radius 1 is 0.972 bits per heavy atom. The van der Waals surface area contributed by atoms with Gasteiger partial charge in [0.05, 0.1) is 49.2 Å². The Morgan fingerprint density at radius 3 is 2.52 bits per heavy atom. The van der Waals surface area contributed by atoms with Crippen LogP contribution in [0.3, 0.4) is 0 Å². The average molecular weight is 969 g/mol. The smallest absolute Gasteiger partial charge is 0.354 e. The van der Waals surface area contributed by atoms with E-state index < -0.39 is 23.4 Å². The highest BCUT2D eigenvalue weighted by atomic mass is 19.1. The van der Waals surface area contributed by atoms with E-state index in [1.807, 2.05) is 41.4 Å². The molecular formula is C52H58F2N12O5. The number of hydrogen-bond acceptors (Lipinski definition) is 12. The number of likely N-dealkylation sites (tertiary alicyclic amines) is 1. The predicted molar refractivity (Wildman–Crippen MR) is 264 cm³/mol. The summed E-state index contributed by atoms with van der Waals surface area (Å²) in [4.78, 5) is 65.7. The summed E-state index contributed by atoms with van der Waals surface area (Å²) >= 11 is 0. The lowest BCUT2D eigenvalue weighted by molar-refractivity contribution is -0.133. The van der Waals surface area contributed by atoms with Gasteiger partial charge >= 0.3 is 5.69 Å². The number of aromatic nitrogens is 6. The normalized spacial score (nSPS) is 18.5. The molecule has 0 aliphatic carbocycles. The van der Waals surface area contributed by atoms with Crippen molar-refractivity contribution in [3.05, 3.63) is 128 Å². The number of piperidine rings is 2. The third kappa shape index (κ3) is 9.31. The predicted octanol–water partition coefficient (Wildman–Crippen LogP) is 6.06. The minimum Gasteiger partial charge on any atom is -0.495 e. The first kappa shape index (κ1) is 47.4. The van der Waals surface area contributed by atoms with Crippen LogP contribution in [0.2, 0.25) is 0 Å². The van der Waals surface area contributed by atoms with E-state index in [0.29, 0.717) is 104 Å². The topological polar surface area (TPSA) is 177 Å². The molecule has 0 spiro atoms. The number of anilines is 2. The van der Waals surface area contributed by atoms with Crippen molar-refractivity contribution in [1.29, 1.82) is 0 Å². The number of nitrogens with zero attached hydrogens (tertiary/aromatic N) is 9. The van der Waals surface area contributed by atoms with Crippen molar-refractivity contribution in [3.8, 4) is 11.4 Å². The van der Waals surface area contributed by atoms with Crippen molar-refractivity contribution in [2.45, 2.75) is 83.6 Å². The Bertz CT molecular complexity index is 3150. The van der Waals surface area contributed by atoms with Crippen LogP contribution in [0, 0.1) is 18.6 Å². The van der Waals surface area contributed by atoms with Gasteiger partial charge in [0.1, 0.15) is 23.3 Å². The monoisotopic (exact) mass is 968 g/mol. The van der Waals surface area contributed by atoms with Crippen molar-refractivity contribution in [2.75, 3.05) is 57.5 Å². The van der Waals surface area contributed by atoms with Crippen LogP contribution in [0.1, 0.15) is 95.1 Å². The zero-order valence-corrected chi connectivity index (χ0v) is 40.6. The zero-order chi connectivity index (χ0) is 49.7. The number of fused-ring (bicyclic) bond motifs is 2. The van der Waals surface area contributed by atoms with Gasteiger partial charge in [-0.05, 0) is 118 Å². The maximum Gasteiger partial charge on any atom is 0.354 e. The quantitative estimate of drug-likeness (QED) is 0.121. The van der Waals surface area contributed by atoms with Gasteiger partial charge in [-0.1, -0.05) is 12.1 Å². The van der Waals surface area contributed by atoms with Gasteiger partial charge in [-0.25, -0.2) is 18.6 Å². The Hall–Kier alpha value is -7.25. The molecule has 0 bridgehead atoms. The summed E-state index contributed by atoms with van der Waals surface area (Å²) < 4.78 is 41.8. The molecule has 2 aromatic carbocycles. The molecule has 2 fully saturated rings. The van der Waals surface area contributed by atoms with E-state index >= 15 is 4.39 Å². The summed E-state index contributed by atoms with van der Waals surface area (Å²) in [5, 5.41) is 13.8. The highest BCUT2D eigenvalue weighted by molar-refractivity contribution is 6.01. The maximum absolute atomic E-state index is 16.2. The molecular weight excluding hydrogens is 911 g/mol. The first-order valence-electron chi connectivity index (χ1n) is 24.3. The summed E-state index contributed by atoms with van der Waals surface area (Å²) in [5.41, 5.74) is 7.76. The number of methoxy groups -OCH3 is 1. The second-order valence-electron chi connectivity index (χ2n) is 19.1. The molecule has 4 aromatic heterocycles. The second-order valence-corrected chi connectivity index (χ2v) is 19.1. The molecule has 17 nitrogen and oxygen atoms in total. The fourth-order valence-corrected chi connectivity index (χ4v) is 10.9. The van der Waals surface area contributed by atoms with Crippen LogP contribution in [0.25, 0.3) is 22.3 Å². The Morgan fingerprint density at radius 2 is 1.79 bits per heavy atom. The second kappa shape index (κ2) is 19.5. The molecule has 4 aliphatic heterocycles. The van der Waals surface area contributed by atoms with E-state index in [9.17, 15) is 23.6 Å². The number of benzene rings is 2. The molecule has 3 N–H and O–H groups in total. The molecule has 6 aromatic rings. The molecule has 10 rings (SSSR count). The largest absolute Gasteiger partial charge is 0.495 e. The molecule has 8 heterocycles. The van der Waals surface area contributed by atoms with E-state index in [2.05, 4.69) is 60.9 Å². The van der Waals surface area contributed by atoms with Gasteiger partial charge in [0.25, 0.3) is 5.91 Å². The van der Waals surface area contributed by atoms with Crippen molar-refractivity contribution in [3.63, 3.8) is 0 Å². The molecule has 2 atom stereocenters. The van der Waals surface area contributed by atoms with Gasteiger partial charge in [0.2, 0.25) is 11.8 Å². The Balaban J connectivity index is 0.745. The molecule has 0 saturated carbocycles. The lowest BCUT2D eigenvalue weighted by Gasteiger charge is -2.32. The lowest BCUT2D eigenvalue weighted by Crippen LogP contribution is -2.47. The molecule has 0 radical (unpaired) electrons. The molecule has 71 heavy (non-hydrogen) atoms. The SMILES string of the molecule is CNc1nc(=O)n(-c2ccnc3c2cc([C@H](C)N2CC=C(c4c(C)cc(C(=O)N5CCn6nc(CN7CCC(c8ccc(NC9CCC(=O)NC9=O)c(OC)c8)CC7)cc6C5)cc4F)CC2)n3C)cc1F. The third-order valence-corrected chi connectivity index (χ3v) is 14.8. The standard InChI is InChI=1S/C52H58F2N12O5/c1-30-22-35(23-39(53)47(30)33-13-18-63(19-14-33)31(2)44-26-38-43(10-15-56-49(38)61(44)4)65-29-40(54)48(55-3)59-52(65)70)51(69)64-20-21-66-37(28-64)25-36(60-66)27-62-16-11-32(12-17-62)34-6-7-41(45(24-34)71-5)57-42-8-9-46(67)58-50(42)68/h6-7,10,13,15,22-26,29,31-32,42,57H,8-9,11-12,14,16-21,27-28H2,1-5H3,(H,55,59,70)(H,58,67,68)/t31-,42?/m0/s1. The number of carbonyl (C=O) groups excluding carboxylic acids is 3. The number of carbonyl (C=O) groups is 3. The summed E-state index contributed by atoms with van der Waals surface area (Å²) in [7, 11) is 5.04. The summed E-state index contributed by atoms with van der Waals surface area (Å²) in [6.45, 7) is 9.11. The van der Waals surface area contributed by atoms with Gasteiger partial charge in [-0.2, -0.15) is 10.1 Å². The van der Waals surface area contributed by atoms with Gasteiger partial charge < -0.3 is 24.8 Å². The van der Waals surface area contributed by atoms with E-state index in [-0.39, 0.29) is 29.6 Å². The van der Waals surface area contributed by atoms with Crippen molar-refractivity contribution >= 4 is 45.8 Å². The zero-order valence-electron chi connectivity index (χ0n) is 40.6. The van der Waals surface area contributed by atoms with E-state index in [1.165, 1.54) is 23.2 Å². The van der Waals surface area contributed by atoms with Gasteiger partial charge in [0.15, 0.2) is 11.6 Å². The number of amides is 3. The number of hydrogen-bond donors (Lipinski definition) is 3. The first-order chi connectivity index (χ1) is 34.3. The lowest BCUT2D eigenvalue weighted by atomic mass is 9.89. The molecule has 2 saturated heterocycles. The number of rotatable bonds is 12. The van der Waals surface area contributed by atoms with Gasteiger partial charge in [0, 0.05) is 81.1 Å². The van der Waals surface area contributed by atoms with Crippen molar-refractivity contribution in [2.24, 2.45) is 7.05 Å². The van der Waals surface area contributed by atoms with Crippen LogP contribution in [-0.4, -0.2) is 114 Å². The minimum atomic E-state index is -0.648. The summed E-state index contributed by atoms with van der Waals surface area (Å²) in [6, 6.07) is 14.5. The Labute approximate surface area is 409 Å². The number of aryl methyl sites for hydroxylation is 2. The maximum atomic E-state index is 16.2. The van der Waals surface area contributed by atoms with Gasteiger partial charge in [-0.15, -0.1) is 0 Å². The average Bonchev–Trinajstić information content (AvgIpc) is 3.94. The van der Waals surface area contributed by atoms with Crippen LogP contribution in [0.5, 0.6) is 5.75 Å². The third-order valence-electron chi connectivity index (χ3n) is 14.8. The highest BCUT2D eigenvalue weighted by Crippen LogP contribution is 2.37. The molecule has 4 aliphatic rings. The fraction of sp³-hybridized carbons (Fsp3) is 0.404. The van der Waals surface area contributed by atoms with Crippen LogP contribution >= 0.6 is 0 Å². The number of halogens is 2. The first-order valence-corrected chi connectivity index (χ1v) is 24.3. The van der Waals surface area contributed by atoms with Crippen molar-refractivity contribution < 1.29 is 27.9 Å². The van der Waals surface area contributed by atoms with Crippen LogP contribution in [0.15, 0.2) is 71.8 Å². The fourth-order valence-electron chi connectivity index (χ4n) is 10.9. The molecule has 370 valence electrons. The Kier molecular flexibility index (Phi) is 13.0. The van der Waals surface area contributed by atoms with E-state index in [1.54, 1.807) is 30.3 Å². The van der Waals surface area contributed by atoms with Crippen LogP contribution in [-0.2, 0) is 36.3 Å². The number of ether oxygens (including phenoxy) is 1. The summed E-state index contributed by atoms with van der Waals surface area (Å²) in [6.07, 6.45) is 8.07. The number of imide groups is 1. The number of pyridine rings is 1. The van der Waals surface area contributed by atoms with Crippen LogP contribution < -0.4 is 26.4 Å². The summed E-state index contributed by atoms with van der Waals surface area (Å²) in [5.74, 6) is -0.938. The molecule has 19 heteroatoms. The molecule has 1 unspecified atom stereocenters. The highest BCUT2D eigenvalue weighted by Gasteiger charge is 2.31. The van der Waals surface area contributed by atoms with E-state index in [4.69, 9.17) is 9.84 Å². The van der Waals surface area contributed by atoms with E-state index in [0.717, 1.165) is 60.5 Å². The van der Waals surface area contributed by atoms with Crippen LogP contribution in [0.4, 0.5) is 20.3 Å². The van der Waals surface area contributed by atoms with Gasteiger partial charge in [-0.3, -0.25) is 38.7 Å². The molecule has 3 amide bonds. The number of nitrogens with one attached hydrogen (secondary N) is 3. The van der Waals surface area contributed by atoms with Crippen molar-refractivity contribution in [1.82, 2.24) is 48.9 Å².